The molecular formula is C17H18Cl2N2O2S. The van der Waals surface area contributed by atoms with Gasteiger partial charge in [-0.25, -0.2) is 4.79 Å². The summed E-state index contributed by atoms with van der Waals surface area (Å²) >= 11 is 17.3. The average Bonchev–Trinajstić information content (AvgIpc) is 2.45. The Morgan fingerprint density at radius 2 is 1.96 bits per heavy atom. The molecule has 128 valence electrons. The molecule has 7 heteroatoms. The quantitative estimate of drug-likeness (QED) is 0.481. The van der Waals surface area contributed by atoms with Crippen LogP contribution in [0.1, 0.15) is 32.8 Å². The van der Waals surface area contributed by atoms with E-state index < -0.39 is 5.60 Å². The van der Waals surface area contributed by atoms with Crippen molar-refractivity contribution < 1.29 is 9.53 Å². The Labute approximate surface area is 157 Å². The number of halogens is 2. The molecule has 0 aliphatic carbocycles. The molecule has 1 amide bonds. The van der Waals surface area contributed by atoms with Gasteiger partial charge in [-0.2, -0.15) is 4.99 Å². The minimum Gasteiger partial charge on any atom is -0.444 e. The molecule has 0 radical (unpaired) electrons. The van der Waals surface area contributed by atoms with E-state index >= 15 is 0 Å². The molecule has 0 saturated heterocycles. The standard InChI is InChI=1S/C17H18Cl2N2O2S/c1-17(2,3)23-16(22)21-6-4-11(5-7-21)15-13(18)8-12(20-10-24)9-14(15)19/h4,8-9H,5-7H2,1-3H3. The van der Waals surface area contributed by atoms with Gasteiger partial charge in [-0.3, -0.25) is 0 Å². The van der Waals surface area contributed by atoms with Crippen molar-refractivity contribution in [2.45, 2.75) is 32.8 Å². The molecule has 0 atom stereocenters. The summed E-state index contributed by atoms with van der Waals surface area (Å²) in [6.45, 7) is 6.55. The maximum atomic E-state index is 12.1. The van der Waals surface area contributed by atoms with Gasteiger partial charge in [0.25, 0.3) is 0 Å². The van der Waals surface area contributed by atoms with Crippen LogP contribution in [-0.4, -0.2) is 34.8 Å². The number of carbonyl (C=O) groups excluding carboxylic acids is 1. The molecule has 0 fully saturated rings. The summed E-state index contributed by atoms with van der Waals surface area (Å²) < 4.78 is 5.38. The molecule has 0 bridgehead atoms. The van der Waals surface area contributed by atoms with E-state index in [1.54, 1.807) is 17.0 Å². The summed E-state index contributed by atoms with van der Waals surface area (Å²) in [5.74, 6) is 0. The zero-order valence-electron chi connectivity index (χ0n) is 13.7. The summed E-state index contributed by atoms with van der Waals surface area (Å²) in [6, 6.07) is 3.40. The lowest BCUT2D eigenvalue weighted by Crippen LogP contribution is -2.39. The number of rotatable bonds is 2. The van der Waals surface area contributed by atoms with Crippen LogP contribution in [0, 0.1) is 0 Å². The van der Waals surface area contributed by atoms with E-state index in [0.29, 0.717) is 35.2 Å². The fourth-order valence-electron chi connectivity index (χ4n) is 2.37. The minimum absolute atomic E-state index is 0.319. The molecule has 4 nitrogen and oxygen atoms in total. The highest BCUT2D eigenvalue weighted by Gasteiger charge is 2.25. The molecule has 0 saturated carbocycles. The van der Waals surface area contributed by atoms with Crippen molar-refractivity contribution in [2.75, 3.05) is 13.1 Å². The van der Waals surface area contributed by atoms with Crippen molar-refractivity contribution in [1.29, 1.82) is 0 Å². The second-order valence-corrected chi connectivity index (χ2v) is 7.39. The molecule has 0 N–H and O–H groups in total. The average molecular weight is 385 g/mol. The van der Waals surface area contributed by atoms with Crippen molar-refractivity contribution in [3.05, 3.63) is 33.8 Å². The van der Waals surface area contributed by atoms with Crippen molar-refractivity contribution in [3.8, 4) is 0 Å². The smallest absolute Gasteiger partial charge is 0.410 e. The maximum Gasteiger partial charge on any atom is 0.410 e. The topological polar surface area (TPSA) is 41.9 Å². The molecule has 0 aromatic heterocycles. The number of isothiocyanates is 1. The van der Waals surface area contributed by atoms with Gasteiger partial charge in [-0.05, 0) is 57.1 Å². The van der Waals surface area contributed by atoms with Gasteiger partial charge in [0, 0.05) is 18.7 Å². The predicted octanol–water partition coefficient (Wildman–Crippen LogP) is 5.75. The van der Waals surface area contributed by atoms with Gasteiger partial charge in [0.2, 0.25) is 0 Å². The van der Waals surface area contributed by atoms with E-state index in [9.17, 15) is 4.79 Å². The molecule has 2 rings (SSSR count). The normalized spacial score (nSPS) is 14.7. The Kier molecular flexibility index (Phi) is 6.05. The number of hydrogen-bond acceptors (Lipinski definition) is 4. The highest BCUT2D eigenvalue weighted by Crippen LogP contribution is 2.37. The van der Waals surface area contributed by atoms with E-state index in [1.807, 2.05) is 26.8 Å². The van der Waals surface area contributed by atoms with Crippen LogP contribution in [0.3, 0.4) is 0 Å². The SMILES string of the molecule is CC(C)(C)OC(=O)N1CC=C(c2c(Cl)cc(N=C=S)cc2Cl)CC1. The highest BCUT2D eigenvalue weighted by molar-refractivity contribution is 7.78. The van der Waals surface area contributed by atoms with Crippen molar-refractivity contribution in [2.24, 2.45) is 4.99 Å². The van der Waals surface area contributed by atoms with E-state index in [4.69, 9.17) is 27.9 Å². The molecule has 0 spiro atoms. The van der Waals surface area contributed by atoms with Gasteiger partial charge in [-0.15, -0.1) is 0 Å². The summed E-state index contributed by atoms with van der Waals surface area (Å²) in [4.78, 5) is 17.6. The number of ether oxygens (including phenoxy) is 1. The number of hydrogen-bond donors (Lipinski definition) is 0. The van der Waals surface area contributed by atoms with Gasteiger partial charge in [-0.1, -0.05) is 29.3 Å². The van der Waals surface area contributed by atoms with E-state index in [0.717, 1.165) is 11.1 Å². The van der Waals surface area contributed by atoms with E-state index in [1.165, 1.54) is 0 Å². The summed E-state index contributed by atoms with van der Waals surface area (Å²) in [6.07, 6.45) is 2.28. The Hall–Kier alpha value is -1.39. The second kappa shape index (κ2) is 7.66. The Bertz CT molecular complexity index is 712. The molecule has 1 aliphatic heterocycles. The van der Waals surface area contributed by atoms with Crippen LogP contribution in [0.2, 0.25) is 10.0 Å². The van der Waals surface area contributed by atoms with Crippen LogP contribution in [0.4, 0.5) is 10.5 Å². The molecule has 1 heterocycles. The van der Waals surface area contributed by atoms with Crippen molar-refractivity contribution >= 4 is 57.9 Å². The fourth-order valence-corrected chi connectivity index (χ4v) is 3.20. The second-order valence-electron chi connectivity index (χ2n) is 6.39. The number of aliphatic imine (C=N–C) groups is 1. The molecule has 1 aromatic rings. The lowest BCUT2D eigenvalue weighted by Gasteiger charge is -2.30. The highest BCUT2D eigenvalue weighted by atomic mass is 35.5. The number of benzene rings is 1. The minimum atomic E-state index is -0.508. The first-order valence-electron chi connectivity index (χ1n) is 7.45. The van der Waals surface area contributed by atoms with Crippen molar-refractivity contribution in [3.63, 3.8) is 0 Å². The summed E-state index contributed by atoms with van der Waals surface area (Å²) in [5, 5.41) is 3.30. The van der Waals surface area contributed by atoms with Crippen LogP contribution >= 0.6 is 35.4 Å². The molecule has 0 unspecified atom stereocenters. The first-order chi connectivity index (χ1) is 11.2. The van der Waals surface area contributed by atoms with Crippen LogP contribution < -0.4 is 0 Å². The lowest BCUT2D eigenvalue weighted by atomic mass is 9.99. The monoisotopic (exact) mass is 384 g/mol. The number of nitrogens with zero attached hydrogens (tertiary/aromatic N) is 2. The summed E-state index contributed by atoms with van der Waals surface area (Å²) in [5.41, 5.74) is 1.83. The molecular weight excluding hydrogens is 367 g/mol. The Morgan fingerprint density at radius 1 is 1.33 bits per heavy atom. The number of thiocarbonyl (C=S) groups is 1. The molecule has 1 aromatic carbocycles. The maximum absolute atomic E-state index is 12.1. The van der Waals surface area contributed by atoms with Gasteiger partial charge in [0.1, 0.15) is 5.60 Å². The van der Waals surface area contributed by atoms with Crippen LogP contribution in [-0.2, 0) is 4.74 Å². The Morgan fingerprint density at radius 3 is 2.42 bits per heavy atom. The number of amides is 1. The van der Waals surface area contributed by atoms with Crippen molar-refractivity contribution in [1.82, 2.24) is 4.90 Å². The van der Waals surface area contributed by atoms with Gasteiger partial charge in [0.05, 0.1) is 20.9 Å². The third-order valence-corrected chi connectivity index (χ3v) is 4.07. The third kappa shape index (κ3) is 4.81. The predicted molar refractivity (Wildman–Crippen MR) is 102 cm³/mol. The Balaban J connectivity index is 2.19. The third-order valence-electron chi connectivity index (χ3n) is 3.38. The zero-order valence-corrected chi connectivity index (χ0v) is 16.1. The van der Waals surface area contributed by atoms with Crippen LogP contribution in [0.5, 0.6) is 0 Å². The summed E-state index contributed by atoms with van der Waals surface area (Å²) in [7, 11) is 0. The van der Waals surface area contributed by atoms with Crippen LogP contribution in [0.15, 0.2) is 23.2 Å². The number of carbonyl (C=O) groups is 1. The van der Waals surface area contributed by atoms with Gasteiger partial charge >= 0.3 is 6.09 Å². The first-order valence-corrected chi connectivity index (χ1v) is 8.62. The zero-order chi connectivity index (χ0) is 17.9. The van der Waals surface area contributed by atoms with E-state index in [2.05, 4.69) is 22.4 Å². The van der Waals surface area contributed by atoms with Gasteiger partial charge in [0.15, 0.2) is 0 Å². The van der Waals surface area contributed by atoms with Crippen LogP contribution in [0.25, 0.3) is 5.57 Å². The molecule has 1 aliphatic rings. The first kappa shape index (κ1) is 18.9. The van der Waals surface area contributed by atoms with Gasteiger partial charge < -0.3 is 9.64 Å². The van der Waals surface area contributed by atoms with E-state index in [-0.39, 0.29) is 6.09 Å². The lowest BCUT2D eigenvalue weighted by molar-refractivity contribution is 0.0270. The fraction of sp³-hybridized carbons (Fsp3) is 0.412. The largest absolute Gasteiger partial charge is 0.444 e. The molecule has 24 heavy (non-hydrogen) atoms.